The summed E-state index contributed by atoms with van der Waals surface area (Å²) in [7, 11) is -3.20. The SMILES string of the molecule is O=C(Nc1ccc(N2CCCS2(=O)=O)cc1)c1ccc(-c2ccc(Br)cc2)s1. The van der Waals surface area contributed by atoms with Gasteiger partial charge in [-0.2, -0.15) is 0 Å². The van der Waals surface area contributed by atoms with Gasteiger partial charge in [-0.05, 0) is 60.5 Å². The van der Waals surface area contributed by atoms with Gasteiger partial charge in [-0.3, -0.25) is 9.10 Å². The van der Waals surface area contributed by atoms with Crippen LogP contribution in [0.15, 0.2) is 65.1 Å². The number of anilines is 2. The highest BCUT2D eigenvalue weighted by atomic mass is 79.9. The van der Waals surface area contributed by atoms with Gasteiger partial charge in [0.05, 0.1) is 16.3 Å². The van der Waals surface area contributed by atoms with Crippen molar-refractivity contribution in [2.24, 2.45) is 0 Å². The lowest BCUT2D eigenvalue weighted by Crippen LogP contribution is -2.24. The van der Waals surface area contributed by atoms with E-state index in [9.17, 15) is 13.2 Å². The summed E-state index contributed by atoms with van der Waals surface area (Å²) < 4.78 is 26.4. The van der Waals surface area contributed by atoms with E-state index in [1.165, 1.54) is 15.6 Å². The van der Waals surface area contributed by atoms with Crippen LogP contribution in [-0.2, 0) is 10.0 Å². The van der Waals surface area contributed by atoms with E-state index in [1.54, 1.807) is 24.3 Å². The van der Waals surface area contributed by atoms with E-state index in [4.69, 9.17) is 0 Å². The number of carbonyl (C=O) groups excluding carboxylic acids is 1. The number of carbonyl (C=O) groups is 1. The molecule has 0 bridgehead atoms. The van der Waals surface area contributed by atoms with Crippen LogP contribution in [0, 0.1) is 0 Å². The molecular formula is C20H17BrN2O3S2. The van der Waals surface area contributed by atoms with Crippen LogP contribution in [0.1, 0.15) is 16.1 Å². The lowest BCUT2D eigenvalue weighted by atomic mass is 10.2. The van der Waals surface area contributed by atoms with Crippen molar-refractivity contribution in [2.75, 3.05) is 21.9 Å². The highest BCUT2D eigenvalue weighted by Crippen LogP contribution is 2.30. The summed E-state index contributed by atoms with van der Waals surface area (Å²) >= 11 is 4.85. The Morgan fingerprint density at radius 2 is 1.71 bits per heavy atom. The number of thiophene rings is 1. The van der Waals surface area contributed by atoms with Crippen molar-refractivity contribution in [3.05, 3.63) is 70.0 Å². The number of benzene rings is 2. The van der Waals surface area contributed by atoms with E-state index in [-0.39, 0.29) is 11.7 Å². The Kier molecular flexibility index (Phi) is 5.27. The molecule has 144 valence electrons. The Hall–Kier alpha value is -2.16. The number of hydrogen-bond donors (Lipinski definition) is 1. The Labute approximate surface area is 176 Å². The summed E-state index contributed by atoms with van der Waals surface area (Å²) in [6, 6.07) is 18.6. The van der Waals surface area contributed by atoms with E-state index in [0.717, 1.165) is 14.9 Å². The monoisotopic (exact) mass is 476 g/mol. The third-order valence-electron chi connectivity index (χ3n) is 4.47. The normalized spacial score (nSPS) is 15.5. The first-order valence-corrected chi connectivity index (χ1v) is 11.9. The van der Waals surface area contributed by atoms with Gasteiger partial charge in [0.2, 0.25) is 10.0 Å². The van der Waals surface area contributed by atoms with Crippen LogP contribution in [0.2, 0.25) is 0 Å². The lowest BCUT2D eigenvalue weighted by molar-refractivity contribution is 0.103. The predicted octanol–water partition coefficient (Wildman–Crippen LogP) is 4.97. The van der Waals surface area contributed by atoms with Gasteiger partial charge in [0.25, 0.3) is 5.91 Å². The first-order valence-electron chi connectivity index (χ1n) is 8.70. The highest BCUT2D eigenvalue weighted by molar-refractivity contribution is 9.10. The van der Waals surface area contributed by atoms with E-state index >= 15 is 0 Å². The summed E-state index contributed by atoms with van der Waals surface area (Å²) in [4.78, 5) is 14.2. The number of hydrogen-bond acceptors (Lipinski definition) is 4. The molecule has 1 aliphatic heterocycles. The minimum atomic E-state index is -3.20. The standard InChI is InChI=1S/C20H17BrN2O3S2/c21-15-4-2-14(3-5-15)18-10-11-19(27-18)20(24)22-16-6-8-17(9-7-16)23-12-1-13-28(23,25)26/h2-11H,1,12-13H2,(H,22,24). The van der Waals surface area contributed by atoms with Crippen molar-refractivity contribution in [3.63, 3.8) is 0 Å². The van der Waals surface area contributed by atoms with Crippen molar-refractivity contribution in [1.29, 1.82) is 0 Å². The molecular weight excluding hydrogens is 460 g/mol. The fourth-order valence-corrected chi connectivity index (χ4v) is 5.80. The molecule has 0 atom stereocenters. The molecule has 3 aromatic rings. The maximum Gasteiger partial charge on any atom is 0.265 e. The average molecular weight is 477 g/mol. The van der Waals surface area contributed by atoms with Crippen LogP contribution in [-0.4, -0.2) is 26.6 Å². The van der Waals surface area contributed by atoms with Gasteiger partial charge >= 0.3 is 0 Å². The molecule has 1 fully saturated rings. The van der Waals surface area contributed by atoms with Crippen molar-refractivity contribution in [1.82, 2.24) is 0 Å². The van der Waals surface area contributed by atoms with Crippen molar-refractivity contribution >= 4 is 54.6 Å². The molecule has 2 aromatic carbocycles. The van der Waals surface area contributed by atoms with Gasteiger partial charge in [0.1, 0.15) is 0 Å². The van der Waals surface area contributed by atoms with Crippen molar-refractivity contribution < 1.29 is 13.2 Å². The third-order valence-corrected chi connectivity index (χ3v) is 8.00. The summed E-state index contributed by atoms with van der Waals surface area (Å²) in [5, 5.41) is 2.87. The molecule has 28 heavy (non-hydrogen) atoms. The van der Waals surface area contributed by atoms with Crippen molar-refractivity contribution in [3.8, 4) is 10.4 Å². The van der Waals surface area contributed by atoms with E-state index in [1.807, 2.05) is 36.4 Å². The second-order valence-corrected chi connectivity index (χ2v) is 10.4. The third kappa shape index (κ3) is 3.99. The minimum absolute atomic E-state index is 0.185. The van der Waals surface area contributed by atoms with Crippen LogP contribution in [0.5, 0.6) is 0 Å². The Balaban J connectivity index is 1.46. The Bertz CT molecular complexity index is 1110. The minimum Gasteiger partial charge on any atom is -0.321 e. The predicted molar refractivity (Wildman–Crippen MR) is 118 cm³/mol. The quantitative estimate of drug-likeness (QED) is 0.577. The number of sulfonamides is 1. The van der Waals surface area contributed by atoms with E-state index in [0.29, 0.717) is 29.2 Å². The fourth-order valence-electron chi connectivity index (χ4n) is 3.06. The molecule has 1 aliphatic rings. The maximum absolute atomic E-state index is 12.5. The van der Waals surface area contributed by atoms with Gasteiger partial charge in [-0.1, -0.05) is 28.1 Å². The van der Waals surface area contributed by atoms with Crippen LogP contribution in [0.3, 0.4) is 0 Å². The molecule has 0 saturated carbocycles. The van der Waals surface area contributed by atoms with Gasteiger partial charge in [0.15, 0.2) is 0 Å². The zero-order chi connectivity index (χ0) is 19.7. The largest absolute Gasteiger partial charge is 0.321 e. The molecule has 4 rings (SSSR count). The second-order valence-electron chi connectivity index (χ2n) is 6.41. The zero-order valence-corrected chi connectivity index (χ0v) is 18.0. The number of nitrogens with one attached hydrogen (secondary N) is 1. The smallest absolute Gasteiger partial charge is 0.265 e. The van der Waals surface area contributed by atoms with Gasteiger partial charge in [-0.15, -0.1) is 11.3 Å². The molecule has 8 heteroatoms. The van der Waals surface area contributed by atoms with Crippen LogP contribution in [0.4, 0.5) is 11.4 Å². The molecule has 1 amide bonds. The Morgan fingerprint density at radius 1 is 1.00 bits per heavy atom. The van der Waals surface area contributed by atoms with Gasteiger partial charge in [-0.25, -0.2) is 8.42 Å². The topological polar surface area (TPSA) is 66.5 Å². The molecule has 0 spiro atoms. The number of rotatable bonds is 4. The molecule has 1 saturated heterocycles. The van der Waals surface area contributed by atoms with E-state index in [2.05, 4.69) is 21.2 Å². The van der Waals surface area contributed by atoms with Crippen molar-refractivity contribution in [2.45, 2.75) is 6.42 Å². The first-order chi connectivity index (χ1) is 13.4. The molecule has 2 heterocycles. The van der Waals surface area contributed by atoms with Gasteiger partial charge in [0, 0.05) is 21.6 Å². The molecule has 1 N–H and O–H groups in total. The van der Waals surface area contributed by atoms with Gasteiger partial charge < -0.3 is 5.32 Å². The molecule has 0 aliphatic carbocycles. The summed E-state index contributed by atoms with van der Waals surface area (Å²) in [5.41, 5.74) is 2.32. The summed E-state index contributed by atoms with van der Waals surface area (Å²) in [6.45, 7) is 0.502. The van der Waals surface area contributed by atoms with Crippen LogP contribution in [0.25, 0.3) is 10.4 Å². The Morgan fingerprint density at radius 3 is 2.36 bits per heavy atom. The molecule has 1 aromatic heterocycles. The molecule has 0 unspecified atom stereocenters. The maximum atomic E-state index is 12.5. The average Bonchev–Trinajstić information content (AvgIpc) is 3.30. The number of nitrogens with zero attached hydrogens (tertiary/aromatic N) is 1. The highest BCUT2D eigenvalue weighted by Gasteiger charge is 2.28. The lowest BCUT2D eigenvalue weighted by Gasteiger charge is -2.17. The van der Waals surface area contributed by atoms with Crippen LogP contribution < -0.4 is 9.62 Å². The first kappa shape index (κ1) is 19.2. The summed E-state index contributed by atoms with van der Waals surface area (Å²) in [6.07, 6.45) is 0.639. The second kappa shape index (κ2) is 7.69. The zero-order valence-electron chi connectivity index (χ0n) is 14.8. The fraction of sp³-hybridized carbons (Fsp3) is 0.150. The van der Waals surface area contributed by atoms with E-state index < -0.39 is 10.0 Å². The number of amides is 1. The number of halogens is 1. The molecule has 0 radical (unpaired) electrons. The van der Waals surface area contributed by atoms with Crippen LogP contribution >= 0.6 is 27.3 Å². The summed E-state index contributed by atoms with van der Waals surface area (Å²) in [5.74, 6) is -0.000188. The molecule has 5 nitrogen and oxygen atoms in total.